The second-order valence-electron chi connectivity index (χ2n) is 2.23. The van der Waals surface area contributed by atoms with Gasteiger partial charge in [0.2, 0.25) is 6.79 Å². The molecule has 0 aliphatic rings. The summed E-state index contributed by atoms with van der Waals surface area (Å²) < 4.78 is 10.3. The van der Waals surface area contributed by atoms with E-state index in [2.05, 4.69) is 13.8 Å². The van der Waals surface area contributed by atoms with Crippen LogP contribution < -0.4 is 0 Å². The van der Waals surface area contributed by atoms with Crippen LogP contribution in [0.5, 0.6) is 0 Å². The third-order valence-electron chi connectivity index (χ3n) is 1.24. The lowest BCUT2D eigenvalue weighted by Crippen LogP contribution is -2.01. The van der Waals surface area contributed by atoms with E-state index in [-0.39, 0.29) is 0 Å². The molecule has 0 heterocycles. The van der Waals surface area contributed by atoms with Crippen LogP contribution in [0.3, 0.4) is 0 Å². The average molecular weight is 223 g/mol. The first kappa shape index (κ1) is 13.6. The molecule has 0 fully saturated rings. The van der Waals surface area contributed by atoms with Crippen molar-refractivity contribution < 1.29 is 9.47 Å². The predicted octanol–water partition coefficient (Wildman–Crippen LogP) is 2.65. The summed E-state index contributed by atoms with van der Waals surface area (Å²) in [6.45, 7) is 7.25. The molecule has 0 saturated carbocycles. The van der Waals surface area contributed by atoms with Crippen LogP contribution in [0.25, 0.3) is 0 Å². The van der Waals surface area contributed by atoms with Gasteiger partial charge in [-0.1, -0.05) is 13.8 Å². The maximum Gasteiger partial charge on any atom is 0.209 e. The summed E-state index contributed by atoms with van der Waals surface area (Å²) in [5.74, 6) is 4.38. The van der Waals surface area contributed by atoms with Crippen LogP contribution >= 0.6 is 23.5 Å². The molecule has 79 valence electrons. The average Bonchev–Trinajstić information content (AvgIpc) is 2.16. The van der Waals surface area contributed by atoms with E-state index in [0.717, 1.165) is 36.2 Å². The molecule has 0 spiro atoms. The fourth-order valence-corrected chi connectivity index (χ4v) is 1.65. The summed E-state index contributed by atoms with van der Waals surface area (Å²) in [5, 5.41) is 0. The van der Waals surface area contributed by atoms with Gasteiger partial charge >= 0.3 is 0 Å². The molecular weight excluding hydrogens is 204 g/mol. The van der Waals surface area contributed by atoms with E-state index in [0.29, 0.717) is 0 Å². The van der Waals surface area contributed by atoms with Gasteiger partial charge in [-0.2, -0.15) is 23.5 Å². The standard InChI is InChI=1S/C9H19O2S2/c1-3-12-7-5-10-9-11-6-8-13-4-2/h9H,3-8H2,1-2H3. The molecule has 0 amide bonds. The summed E-state index contributed by atoms with van der Waals surface area (Å²) in [4.78, 5) is 0. The summed E-state index contributed by atoms with van der Waals surface area (Å²) in [5.41, 5.74) is 0. The highest BCUT2D eigenvalue weighted by molar-refractivity contribution is 7.99. The van der Waals surface area contributed by atoms with Crippen molar-refractivity contribution in [3.05, 3.63) is 6.79 Å². The Kier molecular flexibility index (Phi) is 13.2. The first-order valence-corrected chi connectivity index (χ1v) is 6.93. The van der Waals surface area contributed by atoms with Crippen molar-refractivity contribution in [2.75, 3.05) is 36.2 Å². The number of hydrogen-bond acceptors (Lipinski definition) is 4. The van der Waals surface area contributed by atoms with Crippen LogP contribution in [-0.2, 0) is 9.47 Å². The van der Waals surface area contributed by atoms with Crippen molar-refractivity contribution >= 4 is 23.5 Å². The van der Waals surface area contributed by atoms with E-state index in [1.54, 1.807) is 0 Å². The third-order valence-corrected chi connectivity index (χ3v) is 2.96. The minimum atomic E-state index is 0.749. The molecule has 0 aromatic rings. The monoisotopic (exact) mass is 223 g/mol. The van der Waals surface area contributed by atoms with Crippen molar-refractivity contribution in [2.45, 2.75) is 13.8 Å². The Bertz CT molecular complexity index is 81.7. The Labute approximate surface area is 90.1 Å². The zero-order valence-electron chi connectivity index (χ0n) is 8.45. The van der Waals surface area contributed by atoms with E-state index in [1.165, 1.54) is 6.79 Å². The van der Waals surface area contributed by atoms with E-state index >= 15 is 0 Å². The molecule has 0 aliphatic heterocycles. The van der Waals surface area contributed by atoms with Crippen LogP contribution in [0.2, 0.25) is 0 Å². The topological polar surface area (TPSA) is 18.5 Å². The van der Waals surface area contributed by atoms with Crippen LogP contribution in [0.1, 0.15) is 13.8 Å². The summed E-state index contributed by atoms with van der Waals surface area (Å²) in [6.07, 6.45) is 0. The molecule has 1 radical (unpaired) electrons. The predicted molar refractivity (Wildman–Crippen MR) is 62.2 cm³/mol. The van der Waals surface area contributed by atoms with Gasteiger partial charge in [0, 0.05) is 11.5 Å². The molecule has 0 rings (SSSR count). The molecule has 0 aromatic carbocycles. The van der Waals surface area contributed by atoms with Gasteiger partial charge in [-0.3, -0.25) is 0 Å². The van der Waals surface area contributed by atoms with Crippen LogP contribution in [0, 0.1) is 6.79 Å². The van der Waals surface area contributed by atoms with Crippen molar-refractivity contribution in [1.29, 1.82) is 0 Å². The van der Waals surface area contributed by atoms with E-state index in [4.69, 9.17) is 9.47 Å². The van der Waals surface area contributed by atoms with Gasteiger partial charge in [0.1, 0.15) is 0 Å². The molecule has 13 heavy (non-hydrogen) atoms. The smallest absolute Gasteiger partial charge is 0.209 e. The molecular formula is C9H19O2S2. The van der Waals surface area contributed by atoms with E-state index < -0.39 is 0 Å². The fourth-order valence-electron chi connectivity index (χ4n) is 0.647. The zero-order chi connectivity index (χ0) is 9.78. The highest BCUT2D eigenvalue weighted by Crippen LogP contribution is 2.00. The van der Waals surface area contributed by atoms with E-state index in [1.807, 2.05) is 23.5 Å². The van der Waals surface area contributed by atoms with Gasteiger partial charge < -0.3 is 9.47 Å². The van der Waals surface area contributed by atoms with Crippen molar-refractivity contribution in [2.24, 2.45) is 0 Å². The van der Waals surface area contributed by atoms with Gasteiger partial charge in [-0.15, -0.1) is 0 Å². The summed E-state index contributed by atoms with van der Waals surface area (Å²) in [7, 11) is 0. The highest BCUT2D eigenvalue weighted by Gasteiger charge is 1.90. The molecule has 0 atom stereocenters. The molecule has 0 aromatic heterocycles. The van der Waals surface area contributed by atoms with Gasteiger partial charge in [-0.25, -0.2) is 0 Å². The van der Waals surface area contributed by atoms with Crippen LogP contribution in [-0.4, -0.2) is 36.2 Å². The molecule has 0 aliphatic carbocycles. The molecule has 4 heteroatoms. The van der Waals surface area contributed by atoms with Crippen molar-refractivity contribution in [3.8, 4) is 0 Å². The van der Waals surface area contributed by atoms with Gasteiger partial charge in [-0.05, 0) is 11.5 Å². The lowest BCUT2D eigenvalue weighted by Gasteiger charge is -2.03. The Morgan fingerprint density at radius 2 is 1.38 bits per heavy atom. The molecule has 2 nitrogen and oxygen atoms in total. The Morgan fingerprint density at radius 3 is 1.77 bits per heavy atom. The Balaban J connectivity index is 2.76. The highest BCUT2D eigenvalue weighted by atomic mass is 32.2. The Hall–Kier alpha value is 0.620. The lowest BCUT2D eigenvalue weighted by molar-refractivity contribution is 0.0340. The van der Waals surface area contributed by atoms with Crippen LogP contribution in [0.4, 0.5) is 0 Å². The lowest BCUT2D eigenvalue weighted by atomic mass is 10.8. The molecule has 0 saturated heterocycles. The largest absolute Gasteiger partial charge is 0.347 e. The minimum absolute atomic E-state index is 0.749. The number of ether oxygens (including phenoxy) is 2. The second kappa shape index (κ2) is 12.6. The summed E-state index contributed by atoms with van der Waals surface area (Å²) in [6, 6.07) is 0. The minimum Gasteiger partial charge on any atom is -0.347 e. The zero-order valence-corrected chi connectivity index (χ0v) is 10.1. The van der Waals surface area contributed by atoms with Gasteiger partial charge in [0.25, 0.3) is 0 Å². The molecule has 0 N–H and O–H groups in total. The number of rotatable bonds is 10. The fraction of sp³-hybridized carbons (Fsp3) is 0.889. The quantitative estimate of drug-likeness (QED) is 0.530. The molecule has 0 unspecified atom stereocenters. The van der Waals surface area contributed by atoms with Crippen molar-refractivity contribution in [1.82, 2.24) is 0 Å². The van der Waals surface area contributed by atoms with Gasteiger partial charge in [0.05, 0.1) is 13.2 Å². The molecule has 0 bridgehead atoms. The summed E-state index contributed by atoms with van der Waals surface area (Å²) >= 11 is 3.75. The number of hydrogen-bond donors (Lipinski definition) is 0. The third kappa shape index (κ3) is 12.6. The Morgan fingerprint density at radius 1 is 0.923 bits per heavy atom. The number of thioether (sulfide) groups is 2. The van der Waals surface area contributed by atoms with Crippen molar-refractivity contribution in [3.63, 3.8) is 0 Å². The first-order chi connectivity index (χ1) is 6.41. The van der Waals surface area contributed by atoms with Crippen LogP contribution in [0.15, 0.2) is 0 Å². The SMILES string of the molecule is CCSCCO[CH]OCCSCC. The normalized spacial score (nSPS) is 10.6. The van der Waals surface area contributed by atoms with E-state index in [9.17, 15) is 0 Å². The maximum atomic E-state index is 5.14. The first-order valence-electron chi connectivity index (χ1n) is 4.62. The second-order valence-corrected chi connectivity index (χ2v) is 5.02. The van der Waals surface area contributed by atoms with Gasteiger partial charge in [0.15, 0.2) is 0 Å². The maximum absolute atomic E-state index is 5.14.